The number of hydrogen-bond donors (Lipinski definition) is 1. The molecule has 1 fully saturated rings. The third-order valence-corrected chi connectivity index (χ3v) is 4.43. The Morgan fingerprint density at radius 1 is 1.29 bits per heavy atom. The van der Waals surface area contributed by atoms with Crippen LogP contribution in [0.2, 0.25) is 0 Å². The van der Waals surface area contributed by atoms with Crippen molar-refractivity contribution >= 4 is 0 Å². The molecule has 0 saturated heterocycles. The number of aromatic nitrogens is 2. The van der Waals surface area contributed by atoms with Crippen LogP contribution in [0.3, 0.4) is 0 Å². The van der Waals surface area contributed by atoms with Crippen LogP contribution in [0.15, 0.2) is 6.20 Å². The average Bonchev–Trinajstić information content (AvgIpc) is 2.70. The van der Waals surface area contributed by atoms with Crippen molar-refractivity contribution in [3.8, 4) is 11.8 Å². The zero-order valence-electron chi connectivity index (χ0n) is 13.3. The molecule has 0 amide bonds. The predicted molar refractivity (Wildman–Crippen MR) is 80.5 cm³/mol. The molecule has 0 radical (unpaired) electrons. The summed E-state index contributed by atoms with van der Waals surface area (Å²) >= 11 is 0. The Labute approximate surface area is 126 Å². The predicted octanol–water partition coefficient (Wildman–Crippen LogP) is 3.06. The highest BCUT2D eigenvalue weighted by Crippen LogP contribution is 2.41. The van der Waals surface area contributed by atoms with Crippen LogP contribution in [0, 0.1) is 5.92 Å². The van der Waals surface area contributed by atoms with E-state index in [1.807, 2.05) is 0 Å². The Hall–Kier alpha value is -1.36. The molecule has 2 rings (SSSR count). The first kappa shape index (κ1) is 16.0. The molecular formula is C16H26N2O3. The minimum atomic E-state index is -0.937. The number of aliphatic hydroxyl groups is 1. The van der Waals surface area contributed by atoms with Gasteiger partial charge in [-0.2, -0.15) is 4.98 Å². The molecule has 0 aromatic carbocycles. The first-order chi connectivity index (χ1) is 10.1. The van der Waals surface area contributed by atoms with Crippen molar-refractivity contribution in [2.75, 3.05) is 14.2 Å². The summed E-state index contributed by atoms with van der Waals surface area (Å²) in [7, 11) is 3.09. The maximum absolute atomic E-state index is 11.1. The van der Waals surface area contributed by atoms with Gasteiger partial charge in [-0.25, -0.2) is 4.98 Å². The molecule has 0 spiro atoms. The zero-order chi connectivity index (χ0) is 15.3. The fourth-order valence-corrected chi connectivity index (χ4v) is 3.25. The van der Waals surface area contributed by atoms with Crippen LogP contribution in [0.5, 0.6) is 11.8 Å². The van der Waals surface area contributed by atoms with Gasteiger partial charge in [-0.1, -0.05) is 26.2 Å². The molecule has 1 aromatic heterocycles. The number of ether oxygens (including phenoxy) is 2. The molecule has 0 aliphatic heterocycles. The van der Waals surface area contributed by atoms with E-state index in [1.165, 1.54) is 19.3 Å². The molecule has 0 bridgehead atoms. The average molecular weight is 294 g/mol. The lowest BCUT2D eigenvalue weighted by molar-refractivity contribution is 0.0121. The Morgan fingerprint density at radius 3 is 2.76 bits per heavy atom. The summed E-state index contributed by atoms with van der Waals surface area (Å²) in [5.41, 5.74) is -0.393. The molecular weight excluding hydrogens is 268 g/mol. The molecule has 1 aliphatic carbocycles. The molecule has 1 aromatic rings. The minimum absolute atomic E-state index is 0.366. The second kappa shape index (κ2) is 7.07. The van der Waals surface area contributed by atoms with E-state index in [4.69, 9.17) is 9.47 Å². The summed E-state index contributed by atoms with van der Waals surface area (Å²) in [6.45, 7) is 2.22. The smallest absolute Gasteiger partial charge is 0.241 e. The fourth-order valence-electron chi connectivity index (χ4n) is 3.25. The van der Waals surface area contributed by atoms with E-state index in [2.05, 4.69) is 16.9 Å². The largest absolute Gasteiger partial charge is 0.480 e. The van der Waals surface area contributed by atoms with Crippen LogP contribution in [-0.2, 0) is 5.60 Å². The molecule has 1 heterocycles. The van der Waals surface area contributed by atoms with Crippen molar-refractivity contribution in [3.05, 3.63) is 11.9 Å². The van der Waals surface area contributed by atoms with Gasteiger partial charge in [0.15, 0.2) is 0 Å². The molecule has 21 heavy (non-hydrogen) atoms. The Morgan fingerprint density at radius 2 is 2.10 bits per heavy atom. The topological polar surface area (TPSA) is 64.5 Å². The Balaban J connectivity index is 2.23. The summed E-state index contributed by atoms with van der Waals surface area (Å²) < 4.78 is 10.4. The Kier molecular flexibility index (Phi) is 5.39. The highest BCUT2D eigenvalue weighted by Gasteiger charge is 2.37. The fraction of sp³-hybridized carbons (Fsp3) is 0.750. The van der Waals surface area contributed by atoms with Crippen LogP contribution in [-0.4, -0.2) is 29.3 Å². The van der Waals surface area contributed by atoms with E-state index in [0.717, 1.165) is 19.3 Å². The second-order valence-electron chi connectivity index (χ2n) is 5.89. The highest BCUT2D eigenvalue weighted by molar-refractivity contribution is 5.28. The first-order valence-corrected chi connectivity index (χ1v) is 7.81. The van der Waals surface area contributed by atoms with Crippen molar-refractivity contribution in [2.24, 2.45) is 5.92 Å². The summed E-state index contributed by atoms with van der Waals surface area (Å²) in [6, 6.07) is 0. The molecule has 1 N–H and O–H groups in total. The quantitative estimate of drug-likeness (QED) is 0.846. The molecule has 1 aliphatic rings. The van der Waals surface area contributed by atoms with E-state index in [-0.39, 0.29) is 0 Å². The normalized spacial score (nSPS) is 26.2. The molecule has 2 atom stereocenters. The maximum atomic E-state index is 11.1. The number of methoxy groups -OCH3 is 2. The monoisotopic (exact) mass is 294 g/mol. The van der Waals surface area contributed by atoms with E-state index < -0.39 is 5.60 Å². The lowest BCUT2D eigenvalue weighted by Crippen LogP contribution is -2.27. The van der Waals surface area contributed by atoms with Gasteiger partial charge >= 0.3 is 0 Å². The van der Waals surface area contributed by atoms with E-state index in [9.17, 15) is 5.11 Å². The van der Waals surface area contributed by atoms with E-state index >= 15 is 0 Å². The molecule has 2 unspecified atom stereocenters. The van der Waals surface area contributed by atoms with Gasteiger partial charge in [-0.3, -0.25) is 0 Å². The van der Waals surface area contributed by atoms with Gasteiger partial charge in [-0.15, -0.1) is 0 Å². The van der Waals surface area contributed by atoms with Crippen molar-refractivity contribution < 1.29 is 14.6 Å². The van der Waals surface area contributed by atoms with Gasteiger partial charge in [0.2, 0.25) is 11.8 Å². The van der Waals surface area contributed by atoms with Gasteiger partial charge < -0.3 is 14.6 Å². The Bertz CT molecular complexity index is 467. The third kappa shape index (κ3) is 3.64. The van der Waals surface area contributed by atoms with E-state index in [0.29, 0.717) is 29.8 Å². The number of nitrogens with zero attached hydrogens (tertiary/aromatic N) is 2. The molecule has 5 heteroatoms. The van der Waals surface area contributed by atoms with Gasteiger partial charge in [0.1, 0.15) is 11.3 Å². The van der Waals surface area contributed by atoms with E-state index in [1.54, 1.807) is 20.4 Å². The highest BCUT2D eigenvalue weighted by atomic mass is 16.5. The molecule has 5 nitrogen and oxygen atoms in total. The summed E-state index contributed by atoms with van der Waals surface area (Å²) in [5.74, 6) is 1.48. The summed E-state index contributed by atoms with van der Waals surface area (Å²) in [4.78, 5) is 8.62. The van der Waals surface area contributed by atoms with Crippen LogP contribution in [0.25, 0.3) is 0 Å². The van der Waals surface area contributed by atoms with Gasteiger partial charge in [0.25, 0.3) is 0 Å². The van der Waals surface area contributed by atoms with Crippen LogP contribution < -0.4 is 9.47 Å². The van der Waals surface area contributed by atoms with Gasteiger partial charge in [-0.05, 0) is 31.6 Å². The maximum Gasteiger partial charge on any atom is 0.241 e. The summed E-state index contributed by atoms with van der Waals surface area (Å²) in [6.07, 6.45) is 8.64. The standard InChI is InChI=1S/C16H26N2O3/c1-4-6-12-7-5-9-16(19,10-8-12)14-15(21-3)18-13(20-2)11-17-14/h11-12,19H,4-10H2,1-3H3. The van der Waals surface area contributed by atoms with Crippen molar-refractivity contribution in [3.63, 3.8) is 0 Å². The van der Waals surface area contributed by atoms with Crippen molar-refractivity contribution in [2.45, 2.75) is 57.5 Å². The lowest BCUT2D eigenvalue weighted by atomic mass is 9.89. The van der Waals surface area contributed by atoms with Crippen molar-refractivity contribution in [1.29, 1.82) is 0 Å². The minimum Gasteiger partial charge on any atom is -0.480 e. The van der Waals surface area contributed by atoms with Crippen LogP contribution >= 0.6 is 0 Å². The van der Waals surface area contributed by atoms with Crippen LogP contribution in [0.1, 0.15) is 57.6 Å². The summed E-state index contributed by atoms with van der Waals surface area (Å²) in [5, 5.41) is 11.1. The van der Waals surface area contributed by atoms with Crippen molar-refractivity contribution in [1.82, 2.24) is 9.97 Å². The lowest BCUT2D eigenvalue weighted by Gasteiger charge is -2.27. The zero-order valence-corrected chi connectivity index (χ0v) is 13.3. The second-order valence-corrected chi connectivity index (χ2v) is 5.89. The number of hydrogen-bond acceptors (Lipinski definition) is 5. The molecule has 1 saturated carbocycles. The van der Waals surface area contributed by atoms with Crippen LogP contribution in [0.4, 0.5) is 0 Å². The first-order valence-electron chi connectivity index (χ1n) is 7.81. The number of rotatable bonds is 5. The van der Waals surface area contributed by atoms with Gasteiger partial charge in [0.05, 0.1) is 20.4 Å². The molecule has 118 valence electrons. The SMILES string of the molecule is CCCC1CCCC(O)(c2ncc(OC)nc2OC)CC1. The third-order valence-electron chi connectivity index (χ3n) is 4.43. The van der Waals surface area contributed by atoms with Gasteiger partial charge in [0, 0.05) is 0 Å².